The third-order valence-corrected chi connectivity index (χ3v) is 3.25. The standard InChI is InChI=1S/C9H6ClF2NS/c10-6-1-4-5(9(11)12)3-14-8(4)2-7(6)13/h1-3,9H,13H2. The molecular formula is C9H6ClF2NS. The van der Waals surface area contributed by atoms with E-state index in [-0.39, 0.29) is 5.56 Å². The molecule has 2 N–H and O–H groups in total. The molecule has 0 aliphatic heterocycles. The minimum absolute atomic E-state index is 0.0203. The van der Waals surface area contributed by atoms with Gasteiger partial charge in [-0.1, -0.05) is 11.6 Å². The fourth-order valence-corrected chi connectivity index (χ4v) is 2.40. The summed E-state index contributed by atoms with van der Waals surface area (Å²) in [5.41, 5.74) is 6.00. The second-order valence-electron chi connectivity index (χ2n) is 2.86. The molecule has 2 rings (SSSR count). The summed E-state index contributed by atoms with van der Waals surface area (Å²) in [6, 6.07) is 3.11. The Morgan fingerprint density at radius 3 is 2.71 bits per heavy atom. The van der Waals surface area contributed by atoms with E-state index in [9.17, 15) is 8.78 Å². The van der Waals surface area contributed by atoms with Crippen molar-refractivity contribution in [2.24, 2.45) is 0 Å². The van der Waals surface area contributed by atoms with Crippen LogP contribution in [0.4, 0.5) is 14.5 Å². The molecule has 0 saturated carbocycles. The molecule has 0 unspecified atom stereocenters. The predicted molar refractivity (Wildman–Crippen MR) is 56.2 cm³/mol. The summed E-state index contributed by atoms with van der Waals surface area (Å²) in [5.74, 6) is 0. The number of anilines is 1. The van der Waals surface area contributed by atoms with E-state index in [1.54, 1.807) is 6.07 Å². The minimum atomic E-state index is -2.47. The summed E-state index contributed by atoms with van der Waals surface area (Å²) in [7, 11) is 0. The van der Waals surface area contributed by atoms with Crippen LogP contribution in [-0.2, 0) is 0 Å². The summed E-state index contributed by atoms with van der Waals surface area (Å²) in [6.07, 6.45) is -2.47. The highest BCUT2D eigenvalue weighted by atomic mass is 35.5. The van der Waals surface area contributed by atoms with Gasteiger partial charge in [0, 0.05) is 21.0 Å². The van der Waals surface area contributed by atoms with Gasteiger partial charge in [0.1, 0.15) is 0 Å². The van der Waals surface area contributed by atoms with Gasteiger partial charge < -0.3 is 5.73 Å². The molecule has 0 fully saturated rings. The normalized spacial score (nSPS) is 11.4. The Hall–Kier alpha value is -0.870. The summed E-state index contributed by atoms with van der Waals surface area (Å²) >= 11 is 7.00. The first-order valence-corrected chi connectivity index (χ1v) is 5.09. The van der Waals surface area contributed by atoms with E-state index in [0.717, 1.165) is 4.70 Å². The van der Waals surface area contributed by atoms with Crippen LogP contribution in [0.15, 0.2) is 17.5 Å². The molecule has 0 atom stereocenters. The van der Waals surface area contributed by atoms with E-state index in [4.69, 9.17) is 17.3 Å². The number of fused-ring (bicyclic) bond motifs is 1. The molecule has 74 valence electrons. The van der Waals surface area contributed by atoms with Crippen LogP contribution in [-0.4, -0.2) is 0 Å². The van der Waals surface area contributed by atoms with Gasteiger partial charge in [-0.2, -0.15) is 0 Å². The fourth-order valence-electron chi connectivity index (χ4n) is 1.25. The molecule has 1 heterocycles. The Bertz CT molecular complexity index is 481. The summed E-state index contributed by atoms with van der Waals surface area (Å²) in [5, 5.41) is 2.24. The van der Waals surface area contributed by atoms with Crippen molar-refractivity contribution in [3.05, 3.63) is 28.1 Å². The van der Waals surface area contributed by atoms with E-state index >= 15 is 0 Å². The molecule has 0 saturated heterocycles. The van der Waals surface area contributed by atoms with Gasteiger partial charge in [-0.25, -0.2) is 8.78 Å². The zero-order valence-electron chi connectivity index (χ0n) is 6.93. The number of nitrogen functional groups attached to an aromatic ring is 1. The number of hydrogen-bond acceptors (Lipinski definition) is 2. The lowest BCUT2D eigenvalue weighted by atomic mass is 10.2. The number of rotatable bonds is 1. The maximum atomic E-state index is 12.5. The van der Waals surface area contributed by atoms with Crippen LogP contribution in [0.25, 0.3) is 10.1 Å². The number of nitrogens with two attached hydrogens (primary N) is 1. The van der Waals surface area contributed by atoms with Crippen LogP contribution in [0.2, 0.25) is 5.02 Å². The largest absolute Gasteiger partial charge is 0.397 e. The van der Waals surface area contributed by atoms with Gasteiger partial charge in [0.05, 0.1) is 10.7 Å². The van der Waals surface area contributed by atoms with Crippen LogP contribution in [0.5, 0.6) is 0 Å². The predicted octanol–water partition coefficient (Wildman–Crippen LogP) is 4.07. The molecule has 0 radical (unpaired) electrons. The Kier molecular flexibility index (Phi) is 2.33. The highest BCUT2D eigenvalue weighted by Crippen LogP contribution is 2.36. The molecule has 1 aromatic heterocycles. The topological polar surface area (TPSA) is 26.0 Å². The van der Waals surface area contributed by atoms with Crippen molar-refractivity contribution in [2.45, 2.75) is 6.43 Å². The fraction of sp³-hybridized carbons (Fsp3) is 0.111. The monoisotopic (exact) mass is 233 g/mol. The first-order chi connectivity index (χ1) is 6.59. The van der Waals surface area contributed by atoms with Crippen molar-refractivity contribution in [3.8, 4) is 0 Å². The molecular weight excluding hydrogens is 228 g/mol. The lowest BCUT2D eigenvalue weighted by Gasteiger charge is -2.00. The number of thiophene rings is 1. The summed E-state index contributed by atoms with van der Waals surface area (Å²) in [6.45, 7) is 0. The Morgan fingerprint density at radius 2 is 2.07 bits per heavy atom. The summed E-state index contributed by atoms with van der Waals surface area (Å²) in [4.78, 5) is 0. The van der Waals surface area contributed by atoms with Gasteiger partial charge >= 0.3 is 0 Å². The zero-order chi connectivity index (χ0) is 10.3. The first-order valence-electron chi connectivity index (χ1n) is 3.84. The SMILES string of the molecule is Nc1cc2scc(C(F)F)c2cc1Cl. The van der Waals surface area contributed by atoms with Crippen molar-refractivity contribution >= 4 is 38.7 Å². The van der Waals surface area contributed by atoms with Gasteiger partial charge in [0.15, 0.2) is 0 Å². The quantitative estimate of drug-likeness (QED) is 0.738. The second kappa shape index (κ2) is 3.37. The van der Waals surface area contributed by atoms with Crippen molar-refractivity contribution in [1.29, 1.82) is 0 Å². The Balaban J connectivity index is 2.74. The average Bonchev–Trinajstić information content (AvgIpc) is 2.48. The van der Waals surface area contributed by atoms with E-state index in [0.29, 0.717) is 16.1 Å². The van der Waals surface area contributed by atoms with Crippen LogP contribution in [0.3, 0.4) is 0 Å². The zero-order valence-corrected chi connectivity index (χ0v) is 8.50. The van der Waals surface area contributed by atoms with Crippen molar-refractivity contribution in [3.63, 3.8) is 0 Å². The van der Waals surface area contributed by atoms with Crippen LogP contribution < -0.4 is 5.73 Å². The number of alkyl halides is 2. The molecule has 1 nitrogen and oxygen atoms in total. The average molecular weight is 234 g/mol. The maximum Gasteiger partial charge on any atom is 0.265 e. The van der Waals surface area contributed by atoms with Crippen molar-refractivity contribution < 1.29 is 8.78 Å². The Labute approximate surface area is 88.1 Å². The molecule has 0 spiro atoms. The van der Waals surface area contributed by atoms with Gasteiger partial charge in [-0.05, 0) is 12.1 Å². The first kappa shape index (κ1) is 9.68. The smallest absolute Gasteiger partial charge is 0.265 e. The lowest BCUT2D eigenvalue weighted by molar-refractivity contribution is 0.153. The number of halogens is 3. The molecule has 0 aliphatic rings. The highest BCUT2D eigenvalue weighted by Gasteiger charge is 2.14. The summed E-state index contributed by atoms with van der Waals surface area (Å²) < 4.78 is 25.7. The third-order valence-electron chi connectivity index (χ3n) is 1.96. The van der Waals surface area contributed by atoms with Crippen LogP contribution >= 0.6 is 22.9 Å². The Morgan fingerprint density at radius 1 is 1.36 bits per heavy atom. The van der Waals surface area contributed by atoms with Crippen LogP contribution in [0.1, 0.15) is 12.0 Å². The lowest BCUT2D eigenvalue weighted by Crippen LogP contribution is -1.86. The van der Waals surface area contributed by atoms with Crippen LogP contribution in [0, 0.1) is 0 Å². The second-order valence-corrected chi connectivity index (χ2v) is 4.18. The minimum Gasteiger partial charge on any atom is -0.397 e. The van der Waals surface area contributed by atoms with Crippen molar-refractivity contribution in [1.82, 2.24) is 0 Å². The highest BCUT2D eigenvalue weighted by molar-refractivity contribution is 7.17. The van der Waals surface area contributed by atoms with E-state index in [1.807, 2.05) is 0 Å². The number of hydrogen-bond donors (Lipinski definition) is 1. The third kappa shape index (κ3) is 1.44. The molecule has 5 heteroatoms. The van der Waals surface area contributed by atoms with Gasteiger partial charge in [-0.15, -0.1) is 11.3 Å². The molecule has 0 amide bonds. The van der Waals surface area contributed by atoms with E-state index in [2.05, 4.69) is 0 Å². The molecule has 2 aromatic rings. The number of benzene rings is 1. The van der Waals surface area contributed by atoms with Gasteiger partial charge in [0.2, 0.25) is 0 Å². The molecule has 0 bridgehead atoms. The van der Waals surface area contributed by atoms with E-state index in [1.165, 1.54) is 22.8 Å². The van der Waals surface area contributed by atoms with Gasteiger partial charge in [0.25, 0.3) is 6.43 Å². The maximum absolute atomic E-state index is 12.5. The van der Waals surface area contributed by atoms with Gasteiger partial charge in [-0.3, -0.25) is 0 Å². The molecule has 14 heavy (non-hydrogen) atoms. The molecule has 1 aromatic carbocycles. The van der Waals surface area contributed by atoms with Crippen molar-refractivity contribution in [2.75, 3.05) is 5.73 Å². The molecule has 0 aliphatic carbocycles. The van der Waals surface area contributed by atoms with E-state index < -0.39 is 6.43 Å².